The van der Waals surface area contributed by atoms with E-state index in [1.807, 2.05) is 0 Å². The number of carbonyl (C=O) groups excluding carboxylic acids is 1. The normalized spacial score (nSPS) is 14.0. The van der Waals surface area contributed by atoms with Crippen LogP contribution in [-0.4, -0.2) is 53.2 Å². The number of hydrogen-bond acceptors (Lipinski definition) is 7. The number of rotatable bonds is 5. The maximum atomic E-state index is 13.2. The van der Waals surface area contributed by atoms with Gasteiger partial charge in [-0.05, 0) is 12.1 Å². The van der Waals surface area contributed by atoms with Crippen LogP contribution >= 0.6 is 0 Å². The van der Waals surface area contributed by atoms with Gasteiger partial charge in [-0.15, -0.1) is 0 Å². The number of carbonyl (C=O) groups is 1. The summed E-state index contributed by atoms with van der Waals surface area (Å²) in [6.45, 7) is 2.94. The Kier molecular flexibility index (Phi) is 5.25. The van der Waals surface area contributed by atoms with Crippen LogP contribution in [0, 0.1) is 11.3 Å². The fraction of sp³-hybridized carbons (Fsp3) is 0.333. The van der Waals surface area contributed by atoms with Crippen molar-refractivity contribution in [1.29, 1.82) is 5.26 Å². The van der Waals surface area contributed by atoms with Gasteiger partial charge in [0, 0.05) is 38.8 Å². The molecule has 9 heteroatoms. The largest absolute Gasteiger partial charge is 0.497 e. The van der Waals surface area contributed by atoms with Crippen LogP contribution in [0.1, 0.15) is 15.9 Å². The van der Waals surface area contributed by atoms with Gasteiger partial charge in [-0.2, -0.15) is 5.26 Å². The van der Waals surface area contributed by atoms with E-state index in [-0.39, 0.29) is 17.9 Å². The monoisotopic (exact) mass is 406 g/mol. The third-order valence-electron chi connectivity index (χ3n) is 5.36. The van der Waals surface area contributed by atoms with Gasteiger partial charge in [0.2, 0.25) is 0 Å². The molecule has 3 heterocycles. The average molecular weight is 406 g/mol. The van der Waals surface area contributed by atoms with Gasteiger partial charge >= 0.3 is 0 Å². The van der Waals surface area contributed by atoms with Crippen LogP contribution in [0.5, 0.6) is 5.75 Å². The van der Waals surface area contributed by atoms with Gasteiger partial charge < -0.3 is 19.5 Å². The van der Waals surface area contributed by atoms with Gasteiger partial charge in [-0.1, -0.05) is 12.1 Å². The predicted molar refractivity (Wildman–Crippen MR) is 112 cm³/mol. The number of nitriles is 1. The fourth-order valence-electron chi connectivity index (χ4n) is 3.85. The van der Waals surface area contributed by atoms with Crippen molar-refractivity contribution < 1.29 is 9.53 Å². The molecule has 1 aromatic carbocycles. The zero-order valence-corrected chi connectivity index (χ0v) is 16.9. The quantitative estimate of drug-likeness (QED) is 0.628. The lowest BCUT2D eigenvalue weighted by Crippen LogP contribution is -2.44. The van der Waals surface area contributed by atoms with Crippen molar-refractivity contribution in [2.75, 3.05) is 38.2 Å². The Balaban J connectivity index is 1.75. The molecule has 1 saturated heterocycles. The Morgan fingerprint density at radius 2 is 2.10 bits per heavy atom. The maximum absolute atomic E-state index is 13.2. The van der Waals surface area contributed by atoms with E-state index in [9.17, 15) is 14.9 Å². The van der Waals surface area contributed by atoms with Gasteiger partial charge in [0.1, 0.15) is 34.2 Å². The number of piperazine rings is 1. The SMILES string of the molecule is COc1cccc(C(=O)Cn2cnc3c(C#N)c(N4CCNCC4)n(C)c3c2=O)c1. The van der Waals surface area contributed by atoms with Gasteiger partial charge in [0.25, 0.3) is 5.56 Å². The number of fused-ring (bicyclic) bond motifs is 1. The zero-order valence-electron chi connectivity index (χ0n) is 16.9. The van der Waals surface area contributed by atoms with Crippen LogP contribution < -0.4 is 20.5 Å². The van der Waals surface area contributed by atoms with Crippen LogP contribution in [0.15, 0.2) is 35.4 Å². The number of nitrogens with zero attached hydrogens (tertiary/aromatic N) is 5. The van der Waals surface area contributed by atoms with Crippen LogP contribution in [0.2, 0.25) is 0 Å². The molecule has 1 fully saturated rings. The summed E-state index contributed by atoms with van der Waals surface area (Å²) < 4.78 is 8.17. The van der Waals surface area contributed by atoms with E-state index < -0.39 is 0 Å². The number of methoxy groups -OCH3 is 1. The summed E-state index contributed by atoms with van der Waals surface area (Å²) in [5.41, 5.74) is 1.17. The van der Waals surface area contributed by atoms with E-state index >= 15 is 0 Å². The van der Waals surface area contributed by atoms with Gasteiger partial charge in [0.05, 0.1) is 20.0 Å². The molecule has 0 radical (unpaired) electrons. The molecular formula is C21H22N6O3. The number of ketones is 1. The number of benzene rings is 1. The number of aryl methyl sites for hydroxylation is 1. The first kappa shape index (κ1) is 19.7. The van der Waals surface area contributed by atoms with E-state index in [4.69, 9.17) is 4.74 Å². The van der Waals surface area contributed by atoms with E-state index in [2.05, 4.69) is 21.3 Å². The van der Waals surface area contributed by atoms with Crippen molar-refractivity contribution in [3.8, 4) is 11.8 Å². The highest BCUT2D eigenvalue weighted by Gasteiger charge is 2.25. The summed E-state index contributed by atoms with van der Waals surface area (Å²) in [7, 11) is 3.29. The first-order chi connectivity index (χ1) is 14.5. The van der Waals surface area contributed by atoms with E-state index in [1.165, 1.54) is 18.0 Å². The molecule has 1 aliphatic rings. The molecule has 4 rings (SSSR count). The highest BCUT2D eigenvalue weighted by Crippen LogP contribution is 2.28. The lowest BCUT2D eigenvalue weighted by Gasteiger charge is -2.29. The molecular weight excluding hydrogens is 384 g/mol. The minimum absolute atomic E-state index is 0.148. The third kappa shape index (κ3) is 3.31. The highest BCUT2D eigenvalue weighted by molar-refractivity contribution is 5.96. The minimum atomic E-state index is -0.350. The van der Waals surface area contributed by atoms with Crippen molar-refractivity contribution in [3.63, 3.8) is 0 Å². The Labute approximate surface area is 173 Å². The lowest BCUT2D eigenvalue weighted by atomic mass is 10.1. The summed E-state index contributed by atoms with van der Waals surface area (Å²) in [5.74, 6) is 1.04. The van der Waals surface area contributed by atoms with E-state index in [0.717, 1.165) is 26.2 Å². The van der Waals surface area contributed by atoms with Gasteiger partial charge in [0.15, 0.2) is 5.78 Å². The highest BCUT2D eigenvalue weighted by atomic mass is 16.5. The summed E-state index contributed by atoms with van der Waals surface area (Å²) in [5, 5.41) is 13.0. The summed E-state index contributed by atoms with van der Waals surface area (Å²) in [4.78, 5) is 32.4. The van der Waals surface area contributed by atoms with Crippen molar-refractivity contribution in [2.45, 2.75) is 6.54 Å². The first-order valence-electron chi connectivity index (χ1n) is 9.66. The van der Waals surface area contributed by atoms with Crippen LogP contribution in [0.25, 0.3) is 11.0 Å². The Morgan fingerprint density at radius 1 is 1.33 bits per heavy atom. The smallest absolute Gasteiger partial charge is 0.278 e. The van der Waals surface area contributed by atoms with Crippen LogP contribution in [0.4, 0.5) is 5.82 Å². The molecule has 2 aromatic heterocycles. The number of ether oxygens (including phenoxy) is 1. The molecule has 0 saturated carbocycles. The Hall–Kier alpha value is -3.64. The molecule has 1 N–H and O–H groups in total. The molecule has 0 unspecified atom stereocenters. The maximum Gasteiger partial charge on any atom is 0.278 e. The molecule has 154 valence electrons. The number of aromatic nitrogens is 3. The Bertz CT molecular complexity index is 1210. The van der Waals surface area contributed by atoms with Gasteiger partial charge in [-0.25, -0.2) is 4.98 Å². The second-order valence-electron chi connectivity index (χ2n) is 7.14. The second kappa shape index (κ2) is 8.00. The molecule has 9 nitrogen and oxygen atoms in total. The third-order valence-corrected chi connectivity index (χ3v) is 5.36. The van der Waals surface area contributed by atoms with Crippen LogP contribution in [0.3, 0.4) is 0 Å². The molecule has 1 aliphatic heterocycles. The number of nitrogens with one attached hydrogen (secondary N) is 1. The standard InChI is InChI=1S/C21H22N6O3/c1-25-19-18(16(11-22)20(25)26-8-6-23-7-9-26)24-13-27(21(19)29)12-17(28)14-4-3-5-15(10-14)30-2/h3-5,10,13,23H,6-9,12H2,1-2H3. The molecule has 0 spiro atoms. The average Bonchev–Trinajstić information content (AvgIpc) is 3.08. The summed E-state index contributed by atoms with van der Waals surface area (Å²) in [6.07, 6.45) is 1.34. The molecule has 0 atom stereocenters. The fourth-order valence-corrected chi connectivity index (χ4v) is 3.85. The van der Waals surface area contributed by atoms with Crippen molar-refractivity contribution in [2.24, 2.45) is 7.05 Å². The van der Waals surface area contributed by atoms with E-state index in [1.54, 1.807) is 35.9 Å². The topological polar surface area (TPSA) is 105 Å². The number of hydrogen-bond donors (Lipinski definition) is 1. The molecule has 30 heavy (non-hydrogen) atoms. The van der Waals surface area contributed by atoms with E-state index in [0.29, 0.717) is 33.7 Å². The second-order valence-corrected chi connectivity index (χ2v) is 7.14. The number of Topliss-reactive ketones (excluding diaryl/α,β-unsaturated/α-hetero) is 1. The summed E-state index contributed by atoms with van der Waals surface area (Å²) in [6, 6.07) is 9.01. The molecule has 0 bridgehead atoms. The summed E-state index contributed by atoms with van der Waals surface area (Å²) >= 11 is 0. The van der Waals surface area contributed by atoms with Crippen LogP contribution in [-0.2, 0) is 13.6 Å². The lowest BCUT2D eigenvalue weighted by molar-refractivity contribution is 0.0970. The van der Waals surface area contributed by atoms with Crippen molar-refractivity contribution in [1.82, 2.24) is 19.4 Å². The molecule has 0 aliphatic carbocycles. The van der Waals surface area contributed by atoms with Crippen molar-refractivity contribution in [3.05, 3.63) is 52.1 Å². The minimum Gasteiger partial charge on any atom is -0.497 e. The molecule has 3 aromatic rings. The van der Waals surface area contributed by atoms with Crippen molar-refractivity contribution >= 4 is 22.6 Å². The first-order valence-corrected chi connectivity index (χ1v) is 9.66. The number of anilines is 1. The molecule has 0 amide bonds. The Morgan fingerprint density at radius 3 is 2.80 bits per heavy atom. The predicted octanol–water partition coefficient (Wildman–Crippen LogP) is 0.908. The van der Waals surface area contributed by atoms with Gasteiger partial charge in [-0.3, -0.25) is 14.2 Å². The zero-order chi connectivity index (χ0) is 21.3.